The lowest BCUT2D eigenvalue weighted by molar-refractivity contribution is 0.299. The van der Waals surface area contributed by atoms with Crippen molar-refractivity contribution in [2.24, 2.45) is 18.7 Å². The van der Waals surface area contributed by atoms with Gasteiger partial charge in [0.05, 0.1) is 0 Å². The molecule has 0 amide bonds. The molecule has 0 saturated heterocycles. The fraction of sp³-hybridized carbons (Fsp3) is 0.714. The highest BCUT2D eigenvalue weighted by molar-refractivity contribution is 5.37. The fourth-order valence-corrected chi connectivity index (χ4v) is 3.10. The van der Waals surface area contributed by atoms with Gasteiger partial charge >= 0.3 is 0 Å². The minimum Gasteiger partial charge on any atom is -0.349 e. The lowest BCUT2D eigenvalue weighted by Gasteiger charge is -2.39. The van der Waals surface area contributed by atoms with Crippen LogP contribution in [0.4, 0.5) is 5.82 Å². The molecular formula is C14H24N4O. The van der Waals surface area contributed by atoms with E-state index in [0.29, 0.717) is 24.3 Å². The van der Waals surface area contributed by atoms with Gasteiger partial charge in [0.15, 0.2) is 5.82 Å². The van der Waals surface area contributed by atoms with Gasteiger partial charge in [0.2, 0.25) is 0 Å². The molecule has 1 aliphatic rings. The van der Waals surface area contributed by atoms with Crippen LogP contribution in [0.5, 0.6) is 0 Å². The van der Waals surface area contributed by atoms with Crippen LogP contribution in [0.15, 0.2) is 17.2 Å². The lowest BCUT2D eigenvalue weighted by atomic mass is 9.83. The van der Waals surface area contributed by atoms with Crippen molar-refractivity contribution in [3.05, 3.63) is 22.7 Å². The number of rotatable bonds is 4. The van der Waals surface area contributed by atoms with Crippen molar-refractivity contribution in [1.82, 2.24) is 9.55 Å². The number of nitrogens with two attached hydrogens (primary N) is 1. The molecule has 2 N–H and O–H groups in total. The van der Waals surface area contributed by atoms with Crippen molar-refractivity contribution in [3.63, 3.8) is 0 Å². The minimum atomic E-state index is -0.0225. The van der Waals surface area contributed by atoms with Crippen LogP contribution in [0, 0.1) is 5.92 Å². The monoisotopic (exact) mass is 264 g/mol. The van der Waals surface area contributed by atoms with E-state index in [0.717, 1.165) is 19.4 Å². The molecule has 1 fully saturated rings. The van der Waals surface area contributed by atoms with Crippen molar-refractivity contribution in [3.8, 4) is 0 Å². The third-order valence-electron chi connectivity index (χ3n) is 4.18. The maximum atomic E-state index is 12.2. The number of aryl methyl sites for hydroxylation is 1. The highest BCUT2D eigenvalue weighted by Gasteiger charge is 2.30. The molecular weight excluding hydrogens is 240 g/mol. The van der Waals surface area contributed by atoms with Crippen molar-refractivity contribution >= 4 is 5.82 Å². The third-order valence-corrected chi connectivity index (χ3v) is 4.18. The Morgan fingerprint density at radius 2 is 2.21 bits per heavy atom. The quantitative estimate of drug-likeness (QED) is 0.885. The molecule has 2 atom stereocenters. The third kappa shape index (κ3) is 2.81. The highest BCUT2D eigenvalue weighted by atomic mass is 16.1. The summed E-state index contributed by atoms with van der Waals surface area (Å²) >= 11 is 0. The molecule has 5 nitrogen and oxygen atoms in total. The molecule has 0 aliphatic heterocycles. The van der Waals surface area contributed by atoms with Crippen LogP contribution in [-0.4, -0.2) is 28.7 Å². The summed E-state index contributed by atoms with van der Waals surface area (Å²) in [5.41, 5.74) is 5.88. The van der Waals surface area contributed by atoms with E-state index in [9.17, 15) is 4.79 Å². The van der Waals surface area contributed by atoms with Crippen molar-refractivity contribution < 1.29 is 0 Å². The molecule has 2 rings (SSSR count). The highest BCUT2D eigenvalue weighted by Crippen LogP contribution is 2.29. The average molecular weight is 264 g/mol. The second kappa shape index (κ2) is 6.19. The van der Waals surface area contributed by atoms with E-state index < -0.39 is 0 Å². The van der Waals surface area contributed by atoms with Crippen LogP contribution in [0.1, 0.15) is 32.6 Å². The Kier molecular flexibility index (Phi) is 4.58. The molecule has 0 bridgehead atoms. The molecule has 5 heteroatoms. The number of nitrogens with zero attached hydrogens (tertiary/aromatic N) is 3. The van der Waals surface area contributed by atoms with Gasteiger partial charge in [-0.15, -0.1) is 0 Å². The number of aromatic nitrogens is 2. The Morgan fingerprint density at radius 1 is 1.47 bits per heavy atom. The first-order valence-corrected chi connectivity index (χ1v) is 7.17. The molecule has 0 aromatic carbocycles. The molecule has 2 unspecified atom stereocenters. The van der Waals surface area contributed by atoms with Gasteiger partial charge in [0.1, 0.15) is 0 Å². The summed E-state index contributed by atoms with van der Waals surface area (Å²) in [4.78, 5) is 18.7. The second-order valence-electron chi connectivity index (χ2n) is 5.30. The zero-order chi connectivity index (χ0) is 13.8. The first-order chi connectivity index (χ1) is 9.19. The van der Waals surface area contributed by atoms with Gasteiger partial charge in [-0.25, -0.2) is 4.98 Å². The maximum Gasteiger partial charge on any atom is 0.293 e. The van der Waals surface area contributed by atoms with E-state index in [4.69, 9.17) is 5.73 Å². The van der Waals surface area contributed by atoms with Gasteiger partial charge in [0, 0.05) is 32.0 Å². The molecule has 1 aliphatic carbocycles. The van der Waals surface area contributed by atoms with Crippen LogP contribution in [0.2, 0.25) is 0 Å². The van der Waals surface area contributed by atoms with Crippen LogP contribution in [0.3, 0.4) is 0 Å². The Balaban J connectivity index is 2.33. The van der Waals surface area contributed by atoms with E-state index in [2.05, 4.69) is 16.8 Å². The smallest absolute Gasteiger partial charge is 0.293 e. The molecule has 106 valence electrons. The maximum absolute atomic E-state index is 12.2. The van der Waals surface area contributed by atoms with E-state index in [1.165, 1.54) is 12.8 Å². The predicted octanol–water partition coefficient (Wildman–Crippen LogP) is 1.12. The number of anilines is 1. The standard InChI is InChI=1S/C14H24N4O/c1-3-18(12-7-5-4-6-11(12)10-15)13-14(19)17(2)9-8-16-13/h8-9,11-12H,3-7,10,15H2,1-2H3. The zero-order valence-corrected chi connectivity index (χ0v) is 11.9. The minimum absolute atomic E-state index is 0.0225. The Bertz CT molecular complexity index is 471. The van der Waals surface area contributed by atoms with Crippen LogP contribution < -0.4 is 16.2 Å². The van der Waals surface area contributed by atoms with Gasteiger partial charge in [-0.3, -0.25) is 4.79 Å². The number of hydrogen-bond donors (Lipinski definition) is 1. The summed E-state index contributed by atoms with van der Waals surface area (Å²) in [7, 11) is 1.77. The summed E-state index contributed by atoms with van der Waals surface area (Å²) in [5, 5.41) is 0. The van der Waals surface area contributed by atoms with Gasteiger partial charge in [0.25, 0.3) is 5.56 Å². The average Bonchev–Trinajstić information content (AvgIpc) is 2.45. The first-order valence-electron chi connectivity index (χ1n) is 7.17. The second-order valence-corrected chi connectivity index (χ2v) is 5.30. The van der Waals surface area contributed by atoms with Crippen molar-refractivity contribution in [2.45, 2.75) is 38.6 Å². The van der Waals surface area contributed by atoms with Gasteiger partial charge < -0.3 is 15.2 Å². The molecule has 1 aromatic rings. The van der Waals surface area contributed by atoms with E-state index in [1.807, 2.05) is 0 Å². The number of hydrogen-bond acceptors (Lipinski definition) is 4. The molecule has 19 heavy (non-hydrogen) atoms. The zero-order valence-electron chi connectivity index (χ0n) is 11.9. The normalized spacial score (nSPS) is 23.3. The first kappa shape index (κ1) is 14.1. The SMILES string of the molecule is CCN(c1nccn(C)c1=O)C1CCCCC1CN. The lowest BCUT2D eigenvalue weighted by Crippen LogP contribution is -2.47. The largest absolute Gasteiger partial charge is 0.349 e. The molecule has 0 spiro atoms. The molecule has 1 aromatic heterocycles. The van der Waals surface area contributed by atoms with Crippen LogP contribution >= 0.6 is 0 Å². The van der Waals surface area contributed by atoms with Crippen molar-refractivity contribution in [1.29, 1.82) is 0 Å². The summed E-state index contributed by atoms with van der Waals surface area (Å²) in [6, 6.07) is 0.353. The topological polar surface area (TPSA) is 64.2 Å². The van der Waals surface area contributed by atoms with Gasteiger partial charge in [-0.1, -0.05) is 12.8 Å². The van der Waals surface area contributed by atoms with E-state index in [-0.39, 0.29) is 5.56 Å². The fourth-order valence-electron chi connectivity index (χ4n) is 3.10. The van der Waals surface area contributed by atoms with Crippen LogP contribution in [-0.2, 0) is 7.05 Å². The summed E-state index contributed by atoms with van der Waals surface area (Å²) in [6.45, 7) is 3.57. The predicted molar refractivity (Wildman–Crippen MR) is 77.3 cm³/mol. The molecule has 1 heterocycles. The van der Waals surface area contributed by atoms with Crippen LogP contribution in [0.25, 0.3) is 0 Å². The summed E-state index contributed by atoms with van der Waals surface area (Å²) < 4.78 is 1.59. The molecule has 1 saturated carbocycles. The van der Waals surface area contributed by atoms with Crippen molar-refractivity contribution in [2.75, 3.05) is 18.0 Å². The van der Waals surface area contributed by atoms with Gasteiger partial charge in [-0.2, -0.15) is 0 Å². The summed E-state index contributed by atoms with van der Waals surface area (Å²) in [5.74, 6) is 1.04. The Morgan fingerprint density at radius 3 is 2.89 bits per heavy atom. The van der Waals surface area contributed by atoms with E-state index >= 15 is 0 Å². The summed E-state index contributed by atoms with van der Waals surface area (Å²) in [6.07, 6.45) is 8.11. The molecule has 0 radical (unpaired) electrons. The van der Waals surface area contributed by atoms with E-state index in [1.54, 1.807) is 24.0 Å². The Hall–Kier alpha value is -1.36. The Labute approximate surface area is 114 Å². The van der Waals surface area contributed by atoms with Gasteiger partial charge in [-0.05, 0) is 32.2 Å².